The molecule has 2 saturated heterocycles. The molecule has 1 aromatic carbocycles. The van der Waals surface area contributed by atoms with Crippen LogP contribution in [0.4, 0.5) is 0 Å². The first-order valence-corrected chi connectivity index (χ1v) is 12.4. The fourth-order valence-electron chi connectivity index (χ4n) is 4.82. The summed E-state index contributed by atoms with van der Waals surface area (Å²) in [6.45, 7) is 9.36. The highest BCUT2D eigenvalue weighted by atomic mass is 16.5. The van der Waals surface area contributed by atoms with E-state index in [-0.39, 0.29) is 5.91 Å². The first kappa shape index (κ1) is 22.4. The molecule has 6 nitrogen and oxygen atoms in total. The van der Waals surface area contributed by atoms with Crippen molar-refractivity contribution < 1.29 is 14.3 Å². The Labute approximate surface area is 196 Å². The summed E-state index contributed by atoms with van der Waals surface area (Å²) in [4.78, 5) is 21.6. The molecule has 0 radical (unpaired) electrons. The van der Waals surface area contributed by atoms with Crippen molar-refractivity contribution in [3.8, 4) is 17.0 Å². The third kappa shape index (κ3) is 5.74. The molecule has 3 heterocycles. The molecule has 1 amide bonds. The van der Waals surface area contributed by atoms with Gasteiger partial charge in [0.1, 0.15) is 0 Å². The summed E-state index contributed by atoms with van der Waals surface area (Å²) >= 11 is 0. The molecular formula is C27H35N3O3. The summed E-state index contributed by atoms with van der Waals surface area (Å²) in [7, 11) is 0. The van der Waals surface area contributed by atoms with Crippen molar-refractivity contribution >= 4 is 5.91 Å². The number of benzene rings is 1. The van der Waals surface area contributed by atoms with E-state index in [1.165, 1.54) is 45.3 Å². The highest BCUT2D eigenvalue weighted by Gasteiger charge is 2.39. The number of nitrogens with zero attached hydrogens (tertiary/aromatic N) is 3. The lowest BCUT2D eigenvalue weighted by atomic mass is 9.96. The Morgan fingerprint density at radius 2 is 1.73 bits per heavy atom. The topological polar surface area (TPSA) is 54.9 Å². The SMILES string of the molecule is CC1(CN2CCC(COc3ccc(-c4ccc(C(=O)N5CCOCC5)cc4)cn3)CC2)CC1. The van der Waals surface area contributed by atoms with Crippen molar-refractivity contribution in [3.05, 3.63) is 48.2 Å². The molecule has 0 spiro atoms. The number of pyridine rings is 1. The average Bonchev–Trinajstić information content (AvgIpc) is 3.60. The fraction of sp³-hybridized carbons (Fsp3) is 0.556. The molecule has 2 aromatic rings. The maximum atomic E-state index is 12.6. The monoisotopic (exact) mass is 449 g/mol. The molecule has 1 aromatic heterocycles. The zero-order valence-corrected chi connectivity index (χ0v) is 19.7. The fourth-order valence-corrected chi connectivity index (χ4v) is 4.82. The van der Waals surface area contributed by atoms with Gasteiger partial charge in [0.2, 0.25) is 5.88 Å². The van der Waals surface area contributed by atoms with E-state index in [2.05, 4.69) is 16.8 Å². The van der Waals surface area contributed by atoms with Crippen LogP contribution in [0.5, 0.6) is 5.88 Å². The van der Waals surface area contributed by atoms with Crippen LogP contribution in [0.15, 0.2) is 42.6 Å². The standard InChI is InChI=1S/C27H35N3O3/c1-27(10-11-27)20-29-12-8-21(9-13-29)19-33-25-7-6-24(18-28-25)22-2-4-23(5-3-22)26(31)30-14-16-32-17-15-30/h2-7,18,21H,8-17,19-20H2,1H3. The van der Waals surface area contributed by atoms with Gasteiger partial charge in [-0.3, -0.25) is 4.79 Å². The lowest BCUT2D eigenvalue weighted by Crippen LogP contribution is -2.40. The van der Waals surface area contributed by atoms with E-state index < -0.39 is 0 Å². The highest BCUT2D eigenvalue weighted by molar-refractivity contribution is 5.94. The van der Waals surface area contributed by atoms with Crippen molar-refractivity contribution in [1.29, 1.82) is 0 Å². The van der Waals surface area contributed by atoms with Crippen LogP contribution in [0.1, 0.15) is 43.0 Å². The molecule has 1 aliphatic carbocycles. The van der Waals surface area contributed by atoms with Crippen molar-refractivity contribution in [2.45, 2.75) is 32.6 Å². The Bertz CT molecular complexity index is 926. The zero-order valence-electron chi connectivity index (χ0n) is 19.7. The van der Waals surface area contributed by atoms with Crippen LogP contribution in [-0.2, 0) is 4.74 Å². The molecule has 1 saturated carbocycles. The van der Waals surface area contributed by atoms with Crippen molar-refractivity contribution in [3.63, 3.8) is 0 Å². The van der Waals surface area contributed by atoms with Crippen LogP contribution in [0, 0.1) is 11.3 Å². The lowest BCUT2D eigenvalue weighted by molar-refractivity contribution is 0.0303. The second-order valence-electron chi connectivity index (χ2n) is 10.2. The second-order valence-corrected chi connectivity index (χ2v) is 10.2. The number of likely N-dealkylation sites (tertiary alicyclic amines) is 1. The molecule has 0 N–H and O–H groups in total. The lowest BCUT2D eigenvalue weighted by Gasteiger charge is -2.33. The molecule has 0 bridgehead atoms. The van der Waals surface area contributed by atoms with Gasteiger partial charge >= 0.3 is 0 Å². The molecular weight excluding hydrogens is 414 g/mol. The van der Waals surface area contributed by atoms with Gasteiger partial charge in [-0.25, -0.2) is 4.98 Å². The van der Waals surface area contributed by atoms with E-state index in [1.807, 2.05) is 47.5 Å². The van der Waals surface area contributed by atoms with E-state index in [4.69, 9.17) is 9.47 Å². The predicted octanol–water partition coefficient (Wildman–Crippen LogP) is 4.11. The van der Waals surface area contributed by atoms with Crippen molar-refractivity contribution in [2.75, 3.05) is 52.5 Å². The zero-order chi connectivity index (χ0) is 22.7. The minimum atomic E-state index is 0.0688. The van der Waals surface area contributed by atoms with E-state index in [9.17, 15) is 4.79 Å². The Balaban J connectivity index is 1.10. The number of rotatable bonds is 7. The number of morpholine rings is 1. The maximum Gasteiger partial charge on any atom is 0.254 e. The summed E-state index contributed by atoms with van der Waals surface area (Å²) in [6.07, 6.45) is 7.07. The van der Waals surface area contributed by atoms with Crippen LogP contribution in [-0.4, -0.2) is 73.2 Å². The van der Waals surface area contributed by atoms with Gasteiger partial charge in [0.25, 0.3) is 5.91 Å². The quantitative estimate of drug-likeness (QED) is 0.637. The minimum absolute atomic E-state index is 0.0688. The number of amides is 1. The van der Waals surface area contributed by atoms with E-state index in [0.717, 1.165) is 17.7 Å². The minimum Gasteiger partial charge on any atom is -0.477 e. The molecule has 5 rings (SSSR count). The summed E-state index contributed by atoms with van der Waals surface area (Å²) < 4.78 is 11.3. The van der Waals surface area contributed by atoms with E-state index >= 15 is 0 Å². The first-order valence-electron chi connectivity index (χ1n) is 12.4. The number of aromatic nitrogens is 1. The van der Waals surface area contributed by atoms with Crippen molar-refractivity contribution in [2.24, 2.45) is 11.3 Å². The molecule has 6 heteroatoms. The third-order valence-corrected chi connectivity index (χ3v) is 7.38. The molecule has 2 aliphatic heterocycles. The van der Waals surface area contributed by atoms with Crippen LogP contribution in [0.25, 0.3) is 11.1 Å². The number of carbonyl (C=O) groups excluding carboxylic acids is 1. The molecule has 33 heavy (non-hydrogen) atoms. The van der Waals surface area contributed by atoms with Crippen LogP contribution >= 0.6 is 0 Å². The highest BCUT2D eigenvalue weighted by Crippen LogP contribution is 2.45. The average molecular weight is 450 g/mol. The Hall–Kier alpha value is -2.44. The predicted molar refractivity (Wildman–Crippen MR) is 128 cm³/mol. The van der Waals surface area contributed by atoms with E-state index in [0.29, 0.717) is 49.1 Å². The summed E-state index contributed by atoms with van der Waals surface area (Å²) in [5, 5.41) is 0. The molecule has 0 atom stereocenters. The van der Waals surface area contributed by atoms with Gasteiger partial charge in [-0.15, -0.1) is 0 Å². The number of piperidine rings is 1. The molecule has 3 fully saturated rings. The smallest absolute Gasteiger partial charge is 0.254 e. The van der Waals surface area contributed by atoms with Gasteiger partial charge in [-0.05, 0) is 73.9 Å². The first-order chi connectivity index (χ1) is 16.1. The Kier molecular flexibility index (Phi) is 6.65. The molecule has 0 unspecified atom stereocenters. The van der Waals surface area contributed by atoms with E-state index in [1.54, 1.807) is 0 Å². The van der Waals surface area contributed by atoms with Crippen LogP contribution < -0.4 is 4.74 Å². The summed E-state index contributed by atoms with van der Waals surface area (Å²) in [5.41, 5.74) is 3.39. The van der Waals surface area contributed by atoms with Gasteiger partial charge in [0.15, 0.2) is 0 Å². The van der Waals surface area contributed by atoms with Crippen LogP contribution in [0.3, 0.4) is 0 Å². The van der Waals surface area contributed by atoms with Crippen molar-refractivity contribution in [1.82, 2.24) is 14.8 Å². The van der Waals surface area contributed by atoms with Gasteiger partial charge < -0.3 is 19.3 Å². The number of hydrogen-bond acceptors (Lipinski definition) is 5. The number of carbonyl (C=O) groups is 1. The van der Waals surface area contributed by atoms with Crippen LogP contribution in [0.2, 0.25) is 0 Å². The van der Waals surface area contributed by atoms with Gasteiger partial charge in [-0.1, -0.05) is 19.1 Å². The van der Waals surface area contributed by atoms with Gasteiger partial charge in [0, 0.05) is 43.0 Å². The number of hydrogen-bond donors (Lipinski definition) is 0. The second kappa shape index (κ2) is 9.82. The van der Waals surface area contributed by atoms with Gasteiger partial charge in [-0.2, -0.15) is 0 Å². The Morgan fingerprint density at radius 1 is 1.03 bits per heavy atom. The Morgan fingerprint density at radius 3 is 2.36 bits per heavy atom. The maximum absolute atomic E-state index is 12.6. The number of ether oxygens (including phenoxy) is 2. The largest absolute Gasteiger partial charge is 0.477 e. The normalized spacial score (nSPS) is 21.1. The molecule has 176 valence electrons. The molecule has 3 aliphatic rings. The third-order valence-electron chi connectivity index (χ3n) is 7.38. The summed E-state index contributed by atoms with van der Waals surface area (Å²) in [5.74, 6) is 1.37. The van der Waals surface area contributed by atoms with Gasteiger partial charge in [0.05, 0.1) is 19.8 Å². The summed E-state index contributed by atoms with van der Waals surface area (Å²) in [6, 6.07) is 11.8.